The molecule has 56 valence electrons. The van der Waals surface area contributed by atoms with Crippen molar-refractivity contribution in [1.29, 1.82) is 0 Å². The van der Waals surface area contributed by atoms with Crippen molar-refractivity contribution in [3.8, 4) is 0 Å². The van der Waals surface area contributed by atoms with E-state index in [4.69, 9.17) is 19.1 Å². The Morgan fingerprint density at radius 2 is 1.67 bits per heavy atom. The van der Waals surface area contributed by atoms with Crippen molar-refractivity contribution in [2.75, 3.05) is 0 Å². The molecule has 2 N–H and O–H groups in total. The summed E-state index contributed by atoms with van der Waals surface area (Å²) >= 11 is 0. The van der Waals surface area contributed by atoms with Gasteiger partial charge in [-0.05, 0) is 13.1 Å². The molecule has 0 rings (SSSR count). The van der Waals surface area contributed by atoms with Crippen LogP contribution in [-0.4, -0.2) is 35.9 Å². The van der Waals surface area contributed by atoms with Gasteiger partial charge >= 0.3 is 6.16 Å². The van der Waals surface area contributed by atoms with Gasteiger partial charge in [0.05, 0.1) is 0 Å². The van der Waals surface area contributed by atoms with Gasteiger partial charge in [-0.3, -0.25) is 0 Å². The number of rotatable bonds is 1. The zero-order valence-electron chi connectivity index (χ0n) is 5.79. The van der Waals surface area contributed by atoms with E-state index in [0.717, 1.165) is 10.5 Å². The summed E-state index contributed by atoms with van der Waals surface area (Å²) in [6.07, 6.45) is -1.83. The normalized spacial score (nSPS) is 8.33. The molecule has 0 spiro atoms. The number of hydrogen-bond acceptors (Lipinski definition) is 2. The molecule has 0 aromatic heterocycles. The Labute approximate surface area is 58.7 Å². The van der Waals surface area contributed by atoms with Crippen LogP contribution < -0.4 is 0 Å². The van der Waals surface area contributed by atoms with Crippen molar-refractivity contribution >= 4 is 25.7 Å². The van der Waals surface area contributed by atoms with Gasteiger partial charge in [0.15, 0.2) is 9.04 Å². The first kappa shape index (κ1) is 11.5. The zero-order chi connectivity index (χ0) is 7.86. The lowest BCUT2D eigenvalue weighted by Gasteiger charge is -1.93. The first-order chi connectivity index (χ1) is 4.00. The summed E-state index contributed by atoms with van der Waals surface area (Å²) < 4.78 is 5.03. The van der Waals surface area contributed by atoms with Gasteiger partial charge < -0.3 is 14.3 Å². The third-order valence-electron chi connectivity index (χ3n) is 0.471. The number of carboxylic acid groups (broad SMARTS) is 2. The summed E-state index contributed by atoms with van der Waals surface area (Å²) in [5.74, 6) is 0. The Morgan fingerprint density at radius 1 is 1.56 bits per heavy atom. The fourth-order valence-corrected chi connectivity index (χ4v) is 0. The molecule has 6 heteroatoms. The Balaban J connectivity index is 0. The predicted octanol–water partition coefficient (Wildman–Crippen LogP) is -0.511. The van der Waals surface area contributed by atoms with Gasteiger partial charge in [0.1, 0.15) is 10.5 Å². The largest absolute Gasteiger partial charge is 0.503 e. The Morgan fingerprint density at radius 3 is 1.67 bits per heavy atom. The van der Waals surface area contributed by atoms with E-state index in [1.807, 2.05) is 0 Å². The quantitative estimate of drug-likeness (QED) is 0.518. The van der Waals surface area contributed by atoms with Crippen LogP contribution >= 0.6 is 0 Å². The molecule has 0 saturated heterocycles. The monoisotopic (exact) mass is 168 g/mol. The highest BCUT2D eigenvalue weighted by atomic mass is 28.3. The summed E-state index contributed by atoms with van der Waals surface area (Å²) in [4.78, 5) is 8.56. The maximum Gasteiger partial charge on any atom is 0.503 e. The standard InChI is InChI=1S/C2H10OSi2.CH2O3/c1-5(2)3-4;2-1(3)4/h5H,1-2,4H3;(H2,2,3,4). The molecule has 0 aliphatic rings. The molecule has 0 bridgehead atoms. The molecule has 0 aromatic rings. The summed E-state index contributed by atoms with van der Waals surface area (Å²) in [6.45, 7) is 4.35. The highest BCUT2D eigenvalue weighted by molar-refractivity contribution is 6.52. The topological polar surface area (TPSA) is 66.8 Å². The summed E-state index contributed by atoms with van der Waals surface area (Å²) in [5, 5.41) is 13.9. The minimum Gasteiger partial charge on any atom is -0.466 e. The van der Waals surface area contributed by atoms with Crippen LogP contribution in [0.2, 0.25) is 13.1 Å². The van der Waals surface area contributed by atoms with Crippen LogP contribution in [0.4, 0.5) is 4.79 Å². The van der Waals surface area contributed by atoms with Crippen LogP contribution in [-0.2, 0) is 4.12 Å². The van der Waals surface area contributed by atoms with Gasteiger partial charge in [0.2, 0.25) is 0 Å². The van der Waals surface area contributed by atoms with E-state index < -0.39 is 15.2 Å². The average molecular weight is 168 g/mol. The predicted molar refractivity (Wildman–Crippen MR) is 40.6 cm³/mol. The molecule has 0 atom stereocenters. The fraction of sp³-hybridized carbons (Fsp3) is 0.667. The maximum absolute atomic E-state index is 8.56. The van der Waals surface area contributed by atoms with Gasteiger partial charge in [-0.1, -0.05) is 0 Å². The number of carbonyl (C=O) groups is 1. The zero-order valence-corrected chi connectivity index (χ0v) is 8.94. The maximum atomic E-state index is 8.56. The van der Waals surface area contributed by atoms with Crippen molar-refractivity contribution in [1.82, 2.24) is 0 Å². The van der Waals surface area contributed by atoms with E-state index in [1.54, 1.807) is 0 Å². The van der Waals surface area contributed by atoms with Crippen LogP contribution in [0, 0.1) is 0 Å². The van der Waals surface area contributed by atoms with Crippen molar-refractivity contribution < 1.29 is 19.1 Å². The molecule has 0 radical (unpaired) electrons. The van der Waals surface area contributed by atoms with Crippen LogP contribution in [0.3, 0.4) is 0 Å². The van der Waals surface area contributed by atoms with Crippen LogP contribution in [0.15, 0.2) is 0 Å². The second-order valence-electron chi connectivity index (χ2n) is 1.57. The lowest BCUT2D eigenvalue weighted by molar-refractivity contribution is 0.137. The molecule has 0 aromatic carbocycles. The highest BCUT2D eigenvalue weighted by Gasteiger charge is 1.82. The minimum atomic E-state index is -1.83. The minimum absolute atomic E-state index is 0.588. The van der Waals surface area contributed by atoms with E-state index in [1.165, 1.54) is 0 Å². The Hall–Kier alpha value is -0.336. The molecule has 0 aliphatic heterocycles. The van der Waals surface area contributed by atoms with Crippen molar-refractivity contribution in [2.24, 2.45) is 0 Å². The summed E-state index contributed by atoms with van der Waals surface area (Å²) in [5.41, 5.74) is 0. The third kappa shape index (κ3) is 88.8. The first-order valence-corrected chi connectivity index (χ1v) is 6.05. The Bertz CT molecular complexity index is 70.2. The molecular weight excluding hydrogens is 156 g/mol. The molecule has 9 heavy (non-hydrogen) atoms. The second kappa shape index (κ2) is 7.66. The molecule has 0 saturated carbocycles. The van der Waals surface area contributed by atoms with E-state index in [-0.39, 0.29) is 0 Å². The Kier molecular flexibility index (Phi) is 9.76. The molecule has 0 unspecified atom stereocenters. The first-order valence-electron chi connectivity index (χ1n) is 2.45. The molecule has 0 fully saturated rings. The molecular formula is C3H12O4Si2. The molecule has 0 amide bonds. The third-order valence-corrected chi connectivity index (χ3v) is 4.24. The highest BCUT2D eigenvalue weighted by Crippen LogP contribution is 1.72. The van der Waals surface area contributed by atoms with Crippen LogP contribution in [0.25, 0.3) is 0 Å². The lowest BCUT2D eigenvalue weighted by atomic mass is 11.5. The average Bonchev–Trinajstić information content (AvgIpc) is 1.65. The number of hydrogen-bond donors (Lipinski definition) is 2. The second-order valence-corrected chi connectivity index (χ2v) is 5.55. The summed E-state index contributed by atoms with van der Waals surface area (Å²) in [6, 6.07) is 0. The molecule has 4 nitrogen and oxygen atoms in total. The van der Waals surface area contributed by atoms with E-state index >= 15 is 0 Å². The van der Waals surface area contributed by atoms with E-state index in [9.17, 15) is 0 Å². The van der Waals surface area contributed by atoms with Gasteiger partial charge in [0.25, 0.3) is 0 Å². The van der Waals surface area contributed by atoms with Gasteiger partial charge in [-0.2, -0.15) is 0 Å². The van der Waals surface area contributed by atoms with Crippen molar-refractivity contribution in [3.63, 3.8) is 0 Å². The van der Waals surface area contributed by atoms with E-state index in [0.29, 0.717) is 0 Å². The van der Waals surface area contributed by atoms with Crippen molar-refractivity contribution in [2.45, 2.75) is 13.1 Å². The van der Waals surface area contributed by atoms with Gasteiger partial charge in [-0.15, -0.1) is 0 Å². The van der Waals surface area contributed by atoms with Gasteiger partial charge in [0, 0.05) is 0 Å². The molecule has 0 heterocycles. The lowest BCUT2D eigenvalue weighted by Crippen LogP contribution is -2.02. The van der Waals surface area contributed by atoms with Crippen LogP contribution in [0.5, 0.6) is 0 Å². The van der Waals surface area contributed by atoms with Crippen LogP contribution in [0.1, 0.15) is 0 Å². The SMILES string of the molecule is C[SiH](C)O[SiH3].O=C(O)O. The smallest absolute Gasteiger partial charge is 0.466 e. The fourth-order valence-electron chi connectivity index (χ4n) is 0. The van der Waals surface area contributed by atoms with Gasteiger partial charge in [-0.25, -0.2) is 4.79 Å². The summed E-state index contributed by atoms with van der Waals surface area (Å²) in [7, 11) is 0.347. The van der Waals surface area contributed by atoms with E-state index in [2.05, 4.69) is 13.1 Å². The molecule has 0 aliphatic carbocycles. The van der Waals surface area contributed by atoms with Crippen molar-refractivity contribution in [3.05, 3.63) is 0 Å².